The Hall–Kier alpha value is -1.46. The van der Waals surface area contributed by atoms with E-state index in [1.807, 2.05) is 26.1 Å². The van der Waals surface area contributed by atoms with Crippen LogP contribution in [-0.2, 0) is 16.1 Å². The Kier molecular flexibility index (Phi) is 5.53. The van der Waals surface area contributed by atoms with Crippen LogP contribution in [0.2, 0.25) is 0 Å². The molecule has 5 heteroatoms. The minimum absolute atomic E-state index is 0.0435. The van der Waals surface area contributed by atoms with Crippen LogP contribution >= 0.6 is 0 Å². The molecule has 5 nitrogen and oxygen atoms in total. The molecule has 0 unspecified atom stereocenters. The van der Waals surface area contributed by atoms with Crippen LogP contribution in [0, 0.1) is 5.41 Å². The molecule has 1 fully saturated rings. The van der Waals surface area contributed by atoms with Crippen molar-refractivity contribution in [1.29, 1.82) is 0 Å². The zero-order chi connectivity index (χ0) is 16.2. The molecule has 0 saturated heterocycles. The first-order valence-electron chi connectivity index (χ1n) is 7.92. The van der Waals surface area contributed by atoms with Gasteiger partial charge < -0.3 is 10.1 Å². The third-order valence-electron chi connectivity index (χ3n) is 4.63. The van der Waals surface area contributed by atoms with E-state index in [1.165, 1.54) is 0 Å². The average Bonchev–Trinajstić information content (AvgIpc) is 2.50. The Balaban J connectivity index is 1.77. The highest BCUT2D eigenvalue weighted by Crippen LogP contribution is 2.45. The van der Waals surface area contributed by atoms with Gasteiger partial charge in [-0.25, -0.2) is 0 Å². The quantitative estimate of drug-likeness (QED) is 0.835. The van der Waals surface area contributed by atoms with E-state index in [9.17, 15) is 4.79 Å². The number of likely N-dealkylation sites (N-methyl/N-ethyl adjacent to an activating group) is 1. The maximum absolute atomic E-state index is 12.1. The summed E-state index contributed by atoms with van der Waals surface area (Å²) in [6.45, 7) is 8.13. The van der Waals surface area contributed by atoms with Gasteiger partial charge in [-0.15, -0.1) is 0 Å². The van der Waals surface area contributed by atoms with Gasteiger partial charge in [0.05, 0.1) is 12.6 Å². The molecule has 1 aromatic rings. The maximum atomic E-state index is 12.1. The molecule has 0 bridgehead atoms. The topological polar surface area (TPSA) is 54.5 Å². The van der Waals surface area contributed by atoms with Crippen LogP contribution in [0.5, 0.6) is 0 Å². The molecule has 0 aliphatic heterocycles. The predicted molar refractivity (Wildman–Crippen MR) is 86.3 cm³/mol. The number of carbonyl (C=O) groups excluding carboxylic acids is 1. The highest BCUT2D eigenvalue weighted by Gasteiger charge is 2.50. The molecule has 2 rings (SSSR count). The molecule has 0 aromatic carbocycles. The predicted octanol–water partition coefficient (Wildman–Crippen LogP) is 1.83. The van der Waals surface area contributed by atoms with Crippen LogP contribution in [-0.4, -0.2) is 48.1 Å². The molecule has 1 amide bonds. The van der Waals surface area contributed by atoms with Crippen molar-refractivity contribution < 1.29 is 9.53 Å². The van der Waals surface area contributed by atoms with Crippen LogP contribution in [0.15, 0.2) is 24.5 Å². The third-order valence-corrected chi connectivity index (χ3v) is 4.63. The van der Waals surface area contributed by atoms with Crippen molar-refractivity contribution in [3.8, 4) is 0 Å². The number of aromatic nitrogens is 1. The van der Waals surface area contributed by atoms with E-state index in [4.69, 9.17) is 4.74 Å². The molecule has 0 spiro atoms. The Morgan fingerprint density at radius 2 is 2.32 bits per heavy atom. The number of nitrogens with one attached hydrogen (secondary N) is 1. The highest BCUT2D eigenvalue weighted by atomic mass is 16.5. The second-order valence-electron chi connectivity index (χ2n) is 6.57. The van der Waals surface area contributed by atoms with Gasteiger partial charge in [-0.2, -0.15) is 0 Å². The third kappa shape index (κ3) is 3.84. The Labute approximate surface area is 133 Å². The summed E-state index contributed by atoms with van der Waals surface area (Å²) in [5, 5.41) is 2.94. The van der Waals surface area contributed by atoms with Crippen molar-refractivity contribution in [2.75, 3.05) is 20.2 Å². The minimum Gasteiger partial charge on any atom is -0.378 e. The van der Waals surface area contributed by atoms with Crippen LogP contribution in [0.4, 0.5) is 0 Å². The smallest absolute Gasteiger partial charge is 0.234 e. The van der Waals surface area contributed by atoms with Gasteiger partial charge in [-0.3, -0.25) is 14.7 Å². The highest BCUT2D eigenvalue weighted by molar-refractivity contribution is 5.78. The molecule has 1 aromatic heterocycles. The molecule has 22 heavy (non-hydrogen) atoms. The standard InChI is InChI=1S/C17H27N3O2/c1-5-22-15-9-14(17(15,2)3)20(4)12-16(21)19-11-13-7-6-8-18-10-13/h6-8,10,14-15H,5,9,11-12H2,1-4H3,(H,19,21)/t14-,15+/m0/s1. The fourth-order valence-electron chi connectivity index (χ4n) is 3.19. The largest absolute Gasteiger partial charge is 0.378 e. The molecule has 0 radical (unpaired) electrons. The van der Waals surface area contributed by atoms with E-state index >= 15 is 0 Å². The average molecular weight is 305 g/mol. The normalized spacial score (nSPS) is 23.1. The summed E-state index contributed by atoms with van der Waals surface area (Å²) in [6, 6.07) is 4.21. The van der Waals surface area contributed by atoms with Crippen LogP contribution < -0.4 is 5.32 Å². The molecular formula is C17H27N3O2. The fourth-order valence-corrected chi connectivity index (χ4v) is 3.19. The first kappa shape index (κ1) is 16.9. The van der Waals surface area contributed by atoms with E-state index in [-0.39, 0.29) is 11.3 Å². The number of carbonyl (C=O) groups is 1. The number of amides is 1. The van der Waals surface area contributed by atoms with Gasteiger partial charge >= 0.3 is 0 Å². The molecule has 1 aliphatic carbocycles. The van der Waals surface area contributed by atoms with Crippen molar-refractivity contribution in [1.82, 2.24) is 15.2 Å². The number of pyridine rings is 1. The lowest BCUT2D eigenvalue weighted by atomic mass is 9.64. The van der Waals surface area contributed by atoms with Gasteiger partial charge in [0.2, 0.25) is 5.91 Å². The van der Waals surface area contributed by atoms with Crippen LogP contribution in [0.3, 0.4) is 0 Å². The molecule has 1 heterocycles. The summed E-state index contributed by atoms with van der Waals surface area (Å²) in [6.07, 6.45) is 4.79. The van der Waals surface area contributed by atoms with Crippen molar-refractivity contribution in [3.05, 3.63) is 30.1 Å². The lowest BCUT2D eigenvalue weighted by Crippen LogP contribution is -2.62. The summed E-state index contributed by atoms with van der Waals surface area (Å²) in [5.41, 5.74) is 1.10. The molecular weight excluding hydrogens is 278 g/mol. The number of hydrogen-bond donors (Lipinski definition) is 1. The number of rotatable bonds is 7. The minimum atomic E-state index is 0.0435. The summed E-state index contributed by atoms with van der Waals surface area (Å²) in [7, 11) is 2.01. The number of hydrogen-bond acceptors (Lipinski definition) is 4. The lowest BCUT2D eigenvalue weighted by molar-refractivity contribution is -0.150. The maximum Gasteiger partial charge on any atom is 0.234 e. The van der Waals surface area contributed by atoms with E-state index in [2.05, 4.69) is 29.0 Å². The summed E-state index contributed by atoms with van der Waals surface area (Å²) in [4.78, 5) is 18.3. The number of nitrogens with zero attached hydrogens (tertiary/aromatic N) is 2. The van der Waals surface area contributed by atoms with Crippen LogP contribution in [0.1, 0.15) is 32.8 Å². The van der Waals surface area contributed by atoms with Crippen molar-refractivity contribution in [2.45, 2.75) is 45.9 Å². The molecule has 122 valence electrons. The first-order valence-corrected chi connectivity index (χ1v) is 7.92. The van der Waals surface area contributed by atoms with Crippen molar-refractivity contribution in [2.24, 2.45) is 5.41 Å². The second-order valence-corrected chi connectivity index (χ2v) is 6.57. The Morgan fingerprint density at radius 1 is 1.55 bits per heavy atom. The zero-order valence-electron chi connectivity index (χ0n) is 14.0. The van der Waals surface area contributed by atoms with Gasteiger partial charge in [0, 0.05) is 37.0 Å². The summed E-state index contributed by atoms with van der Waals surface area (Å²) < 4.78 is 5.75. The van der Waals surface area contributed by atoms with E-state index in [0.717, 1.165) is 18.6 Å². The fraction of sp³-hybridized carbons (Fsp3) is 0.647. The first-order chi connectivity index (χ1) is 10.4. The molecule has 2 atom stereocenters. The van der Waals surface area contributed by atoms with Gasteiger partial charge in [0.25, 0.3) is 0 Å². The summed E-state index contributed by atoms with van der Waals surface area (Å²) in [5.74, 6) is 0.0435. The monoisotopic (exact) mass is 305 g/mol. The number of ether oxygens (including phenoxy) is 1. The second kappa shape index (κ2) is 7.20. The Morgan fingerprint density at radius 3 is 2.91 bits per heavy atom. The van der Waals surface area contributed by atoms with E-state index in [1.54, 1.807) is 12.4 Å². The van der Waals surface area contributed by atoms with E-state index in [0.29, 0.717) is 25.2 Å². The van der Waals surface area contributed by atoms with Crippen LogP contribution in [0.25, 0.3) is 0 Å². The lowest BCUT2D eigenvalue weighted by Gasteiger charge is -2.54. The van der Waals surface area contributed by atoms with E-state index < -0.39 is 0 Å². The SMILES string of the molecule is CCO[C@@H]1C[C@H](N(C)CC(=O)NCc2cccnc2)C1(C)C. The Bertz CT molecular complexity index is 490. The molecule has 1 N–H and O–H groups in total. The van der Waals surface area contributed by atoms with Gasteiger partial charge in [-0.05, 0) is 32.0 Å². The van der Waals surface area contributed by atoms with Gasteiger partial charge in [0.1, 0.15) is 0 Å². The molecule has 1 saturated carbocycles. The summed E-state index contributed by atoms with van der Waals surface area (Å²) >= 11 is 0. The van der Waals surface area contributed by atoms with Gasteiger partial charge in [-0.1, -0.05) is 19.9 Å². The van der Waals surface area contributed by atoms with Crippen molar-refractivity contribution in [3.63, 3.8) is 0 Å². The van der Waals surface area contributed by atoms with Gasteiger partial charge in [0.15, 0.2) is 0 Å². The zero-order valence-corrected chi connectivity index (χ0v) is 14.0. The molecule has 1 aliphatic rings. The van der Waals surface area contributed by atoms with Crippen molar-refractivity contribution >= 4 is 5.91 Å².